The molecule has 0 saturated carbocycles. The molecule has 1 N–H and O–H groups in total. The van der Waals surface area contributed by atoms with Crippen LogP contribution in [0, 0.1) is 5.82 Å². The second-order valence-corrected chi connectivity index (χ2v) is 7.53. The van der Waals surface area contributed by atoms with Gasteiger partial charge in [0.25, 0.3) is 5.91 Å². The molecule has 0 unspecified atom stereocenters. The van der Waals surface area contributed by atoms with E-state index in [1.807, 2.05) is 39.8 Å². The Labute approximate surface area is 169 Å². The number of hydrogen-bond acceptors (Lipinski definition) is 2. The second-order valence-electron chi connectivity index (χ2n) is 7.53. The van der Waals surface area contributed by atoms with Gasteiger partial charge in [-0.1, -0.05) is 36.4 Å². The van der Waals surface area contributed by atoms with E-state index in [0.29, 0.717) is 30.9 Å². The fraction of sp³-hybridized carbons (Fsp3) is 0.304. The molecule has 5 nitrogen and oxygen atoms in total. The van der Waals surface area contributed by atoms with Crippen molar-refractivity contribution >= 4 is 22.7 Å². The third-order valence-corrected chi connectivity index (χ3v) is 5.51. The van der Waals surface area contributed by atoms with Gasteiger partial charge in [-0.15, -0.1) is 0 Å². The number of nitrogens with one attached hydrogen (secondary N) is 1. The van der Waals surface area contributed by atoms with Gasteiger partial charge in [-0.05, 0) is 31.0 Å². The van der Waals surface area contributed by atoms with Gasteiger partial charge in [-0.3, -0.25) is 9.59 Å². The number of amides is 2. The van der Waals surface area contributed by atoms with Gasteiger partial charge in [-0.25, -0.2) is 4.39 Å². The summed E-state index contributed by atoms with van der Waals surface area (Å²) >= 11 is 0. The predicted molar refractivity (Wildman–Crippen MR) is 110 cm³/mol. The van der Waals surface area contributed by atoms with Crippen LogP contribution in [-0.4, -0.2) is 40.4 Å². The van der Waals surface area contributed by atoms with E-state index >= 15 is 0 Å². The van der Waals surface area contributed by atoms with E-state index in [1.165, 1.54) is 13.0 Å². The van der Waals surface area contributed by atoms with E-state index in [0.717, 1.165) is 23.7 Å². The summed E-state index contributed by atoms with van der Waals surface area (Å²) in [6.45, 7) is 2.98. The first kappa shape index (κ1) is 19.2. The molecule has 0 atom stereocenters. The first-order valence-corrected chi connectivity index (χ1v) is 9.91. The molecule has 1 fully saturated rings. The summed E-state index contributed by atoms with van der Waals surface area (Å²) in [5, 5.41) is 3.89. The van der Waals surface area contributed by atoms with Crippen LogP contribution in [0.15, 0.2) is 54.6 Å². The van der Waals surface area contributed by atoms with Gasteiger partial charge in [0.2, 0.25) is 5.91 Å². The molecule has 4 rings (SSSR count). The molecule has 29 heavy (non-hydrogen) atoms. The third-order valence-electron chi connectivity index (χ3n) is 5.51. The Hall–Kier alpha value is -3.15. The van der Waals surface area contributed by atoms with Gasteiger partial charge in [0, 0.05) is 42.5 Å². The predicted octanol–water partition coefficient (Wildman–Crippen LogP) is 3.57. The number of benzene rings is 2. The Morgan fingerprint density at radius 3 is 2.48 bits per heavy atom. The van der Waals surface area contributed by atoms with Gasteiger partial charge < -0.3 is 14.8 Å². The highest BCUT2D eigenvalue weighted by molar-refractivity contribution is 5.99. The number of aromatic nitrogens is 1. The van der Waals surface area contributed by atoms with Crippen molar-refractivity contribution in [1.82, 2.24) is 14.8 Å². The maximum atomic E-state index is 14.3. The summed E-state index contributed by atoms with van der Waals surface area (Å²) in [7, 11) is 0. The highest BCUT2D eigenvalue weighted by Crippen LogP contribution is 2.24. The number of piperidine rings is 1. The quantitative estimate of drug-likeness (QED) is 0.737. The van der Waals surface area contributed by atoms with Crippen LogP contribution in [0.1, 0.15) is 35.8 Å². The summed E-state index contributed by atoms with van der Waals surface area (Å²) in [5.41, 5.74) is 2.02. The summed E-state index contributed by atoms with van der Waals surface area (Å²) < 4.78 is 16.2. The lowest BCUT2D eigenvalue weighted by Crippen LogP contribution is -2.46. The number of fused-ring (bicyclic) bond motifs is 1. The Morgan fingerprint density at radius 1 is 1.07 bits per heavy atom. The van der Waals surface area contributed by atoms with E-state index in [9.17, 15) is 14.0 Å². The molecule has 150 valence electrons. The van der Waals surface area contributed by atoms with Crippen LogP contribution in [0.4, 0.5) is 4.39 Å². The van der Waals surface area contributed by atoms with Gasteiger partial charge >= 0.3 is 0 Å². The monoisotopic (exact) mass is 393 g/mol. The van der Waals surface area contributed by atoms with Crippen molar-refractivity contribution in [2.45, 2.75) is 32.4 Å². The third kappa shape index (κ3) is 4.01. The van der Waals surface area contributed by atoms with Crippen LogP contribution in [0.3, 0.4) is 0 Å². The number of likely N-dealkylation sites (tertiary alicyclic amines) is 1. The van der Waals surface area contributed by atoms with Gasteiger partial charge in [0.1, 0.15) is 11.5 Å². The SMILES string of the molecule is CC(=O)NC1CCN(C(=O)c2cc3ccccc3n2Cc2ccccc2F)CC1. The topological polar surface area (TPSA) is 54.3 Å². The minimum Gasteiger partial charge on any atom is -0.353 e. The van der Waals surface area contributed by atoms with Crippen molar-refractivity contribution in [2.24, 2.45) is 0 Å². The Kier molecular flexibility index (Phi) is 5.34. The number of rotatable bonds is 4. The van der Waals surface area contributed by atoms with Crippen LogP contribution in [0.25, 0.3) is 10.9 Å². The van der Waals surface area contributed by atoms with Crippen molar-refractivity contribution in [3.05, 3.63) is 71.7 Å². The van der Waals surface area contributed by atoms with E-state index in [1.54, 1.807) is 18.2 Å². The second kappa shape index (κ2) is 8.07. The summed E-state index contributed by atoms with van der Waals surface area (Å²) in [6, 6.07) is 16.4. The fourth-order valence-corrected chi connectivity index (χ4v) is 4.03. The smallest absolute Gasteiger partial charge is 0.270 e. The summed E-state index contributed by atoms with van der Waals surface area (Å²) in [4.78, 5) is 26.4. The lowest BCUT2D eigenvalue weighted by Gasteiger charge is -2.32. The van der Waals surface area contributed by atoms with Crippen molar-refractivity contribution < 1.29 is 14.0 Å². The molecule has 1 aliphatic rings. The van der Waals surface area contributed by atoms with E-state index in [-0.39, 0.29) is 23.7 Å². The normalized spacial score (nSPS) is 14.9. The Balaban J connectivity index is 1.62. The standard InChI is InChI=1S/C23H24FN3O2/c1-16(28)25-19-10-12-26(13-11-19)23(29)22-14-17-6-3-5-9-21(17)27(22)15-18-7-2-4-8-20(18)24/h2-9,14,19H,10-13,15H2,1H3,(H,25,28). The van der Waals surface area contributed by atoms with Crippen molar-refractivity contribution in [3.8, 4) is 0 Å². The number of halogens is 1. The zero-order chi connectivity index (χ0) is 20.4. The molecule has 2 amide bonds. The number of para-hydroxylation sites is 1. The molecule has 0 bridgehead atoms. The zero-order valence-corrected chi connectivity index (χ0v) is 16.4. The van der Waals surface area contributed by atoms with Gasteiger partial charge in [0.05, 0.1) is 6.54 Å². The van der Waals surface area contributed by atoms with Crippen molar-refractivity contribution in [1.29, 1.82) is 0 Å². The minimum atomic E-state index is -0.278. The Morgan fingerprint density at radius 2 is 1.76 bits per heavy atom. The largest absolute Gasteiger partial charge is 0.353 e. The van der Waals surface area contributed by atoms with Crippen LogP contribution >= 0.6 is 0 Å². The van der Waals surface area contributed by atoms with Gasteiger partial charge in [-0.2, -0.15) is 0 Å². The molecule has 1 aliphatic heterocycles. The highest BCUT2D eigenvalue weighted by Gasteiger charge is 2.26. The molecule has 2 aromatic carbocycles. The molecule has 0 spiro atoms. The van der Waals surface area contributed by atoms with Gasteiger partial charge in [0.15, 0.2) is 0 Å². The molecule has 3 aromatic rings. The van der Waals surface area contributed by atoms with Crippen molar-refractivity contribution in [3.63, 3.8) is 0 Å². The average Bonchev–Trinajstić information content (AvgIpc) is 3.08. The Bertz CT molecular complexity index is 1050. The lowest BCUT2D eigenvalue weighted by atomic mass is 10.0. The maximum Gasteiger partial charge on any atom is 0.270 e. The molecule has 0 radical (unpaired) electrons. The average molecular weight is 393 g/mol. The molecule has 2 heterocycles. The lowest BCUT2D eigenvalue weighted by molar-refractivity contribution is -0.119. The highest BCUT2D eigenvalue weighted by atomic mass is 19.1. The van der Waals surface area contributed by atoms with E-state index < -0.39 is 0 Å². The maximum absolute atomic E-state index is 14.3. The first-order valence-electron chi connectivity index (χ1n) is 9.91. The minimum absolute atomic E-state index is 0.0419. The molecule has 6 heteroatoms. The number of carbonyl (C=O) groups excluding carboxylic acids is 2. The molecular weight excluding hydrogens is 369 g/mol. The molecule has 1 saturated heterocycles. The zero-order valence-electron chi connectivity index (χ0n) is 16.4. The van der Waals surface area contributed by atoms with Crippen LogP contribution in [0.5, 0.6) is 0 Å². The summed E-state index contributed by atoms with van der Waals surface area (Å²) in [5.74, 6) is -0.376. The van der Waals surface area contributed by atoms with Crippen LogP contribution in [-0.2, 0) is 11.3 Å². The molecule has 1 aromatic heterocycles. The molecular formula is C23H24FN3O2. The molecule has 0 aliphatic carbocycles. The van der Waals surface area contributed by atoms with E-state index in [2.05, 4.69) is 5.32 Å². The van der Waals surface area contributed by atoms with Crippen molar-refractivity contribution in [2.75, 3.05) is 13.1 Å². The number of hydrogen-bond donors (Lipinski definition) is 1. The first-order chi connectivity index (χ1) is 14.0. The van der Waals surface area contributed by atoms with E-state index in [4.69, 9.17) is 0 Å². The summed E-state index contributed by atoms with van der Waals surface area (Å²) in [6.07, 6.45) is 1.47. The number of nitrogens with zero attached hydrogens (tertiary/aromatic N) is 2. The fourth-order valence-electron chi connectivity index (χ4n) is 4.03. The number of carbonyl (C=O) groups is 2. The van der Waals surface area contributed by atoms with Crippen LogP contribution in [0.2, 0.25) is 0 Å². The van der Waals surface area contributed by atoms with Crippen LogP contribution < -0.4 is 5.32 Å².